The van der Waals surface area contributed by atoms with Crippen molar-refractivity contribution < 1.29 is 14.3 Å². The highest BCUT2D eigenvalue weighted by molar-refractivity contribution is 14.1. The topological polar surface area (TPSA) is 61.6 Å². The number of nitrogens with two attached hydrogens (primary N) is 1. The lowest BCUT2D eigenvalue weighted by atomic mass is 9.95. The van der Waals surface area contributed by atoms with E-state index < -0.39 is 5.79 Å². The van der Waals surface area contributed by atoms with E-state index in [4.69, 9.17) is 15.2 Å². The fraction of sp³-hybridized carbons (Fsp3) is 0.188. The molecule has 4 nitrogen and oxygen atoms in total. The van der Waals surface area contributed by atoms with Crippen LogP contribution in [0.15, 0.2) is 48.5 Å². The van der Waals surface area contributed by atoms with E-state index in [-0.39, 0.29) is 3.79 Å². The van der Waals surface area contributed by atoms with Crippen molar-refractivity contribution in [2.75, 3.05) is 18.9 Å². The van der Waals surface area contributed by atoms with Crippen LogP contribution in [-0.4, -0.2) is 17.0 Å². The van der Waals surface area contributed by atoms with Crippen LogP contribution in [-0.2, 0) is 15.3 Å². The largest absolute Gasteiger partial charge is 0.398 e. The molecule has 0 spiro atoms. The Hall–Kier alpha value is -1.44. The van der Waals surface area contributed by atoms with E-state index in [2.05, 4.69) is 0 Å². The molecule has 0 aliphatic carbocycles. The Kier molecular flexibility index (Phi) is 3.97. The van der Waals surface area contributed by atoms with Crippen LogP contribution in [0.25, 0.3) is 0 Å². The first-order chi connectivity index (χ1) is 10.1. The second kappa shape index (κ2) is 5.75. The molecule has 2 N–H and O–H groups in total. The monoisotopic (exact) mass is 395 g/mol. The number of anilines is 1. The first-order valence-corrected chi connectivity index (χ1v) is 7.64. The Morgan fingerprint density at radius 1 is 1.05 bits per heavy atom. The zero-order valence-electron chi connectivity index (χ0n) is 11.2. The summed E-state index contributed by atoms with van der Waals surface area (Å²) in [6, 6.07) is 15.0. The summed E-state index contributed by atoms with van der Waals surface area (Å²) in [6.45, 7) is 1.01. The fourth-order valence-electron chi connectivity index (χ4n) is 2.50. The highest BCUT2D eigenvalue weighted by Crippen LogP contribution is 2.39. The smallest absolute Gasteiger partial charge is 0.224 e. The van der Waals surface area contributed by atoms with Crippen LogP contribution in [0.2, 0.25) is 0 Å². The number of ether oxygens (including phenoxy) is 2. The minimum Gasteiger partial charge on any atom is -0.398 e. The fourth-order valence-corrected chi connectivity index (χ4v) is 2.97. The Labute approximate surface area is 136 Å². The Bertz CT molecular complexity index is 666. The average Bonchev–Trinajstić information content (AvgIpc) is 2.99. The van der Waals surface area contributed by atoms with Crippen molar-refractivity contribution in [1.29, 1.82) is 0 Å². The Morgan fingerprint density at radius 2 is 1.71 bits per heavy atom. The molecule has 2 aromatic carbocycles. The molecule has 1 fully saturated rings. The normalized spacial score (nSPS) is 16.8. The summed E-state index contributed by atoms with van der Waals surface area (Å²) >= 11 is 1.73. The molecule has 5 heteroatoms. The second-order valence-electron chi connectivity index (χ2n) is 4.76. The van der Waals surface area contributed by atoms with Gasteiger partial charge in [-0.25, -0.2) is 0 Å². The summed E-state index contributed by atoms with van der Waals surface area (Å²) in [4.78, 5) is 11.7. The number of halogens is 1. The highest BCUT2D eigenvalue weighted by atomic mass is 127. The molecule has 3 rings (SSSR count). The van der Waals surface area contributed by atoms with Crippen molar-refractivity contribution in [3.05, 3.63) is 65.2 Å². The molecular weight excluding hydrogens is 381 g/mol. The Balaban J connectivity index is 2.15. The van der Waals surface area contributed by atoms with Crippen molar-refractivity contribution in [2.24, 2.45) is 0 Å². The van der Waals surface area contributed by atoms with Crippen LogP contribution < -0.4 is 5.73 Å². The van der Waals surface area contributed by atoms with E-state index in [0.29, 0.717) is 24.5 Å². The van der Waals surface area contributed by atoms with Gasteiger partial charge in [-0.2, -0.15) is 0 Å². The molecule has 21 heavy (non-hydrogen) atoms. The first-order valence-electron chi connectivity index (χ1n) is 6.57. The molecule has 0 radical (unpaired) electrons. The average molecular weight is 395 g/mol. The Morgan fingerprint density at radius 3 is 2.33 bits per heavy atom. The van der Waals surface area contributed by atoms with Crippen LogP contribution in [0.5, 0.6) is 0 Å². The van der Waals surface area contributed by atoms with E-state index >= 15 is 0 Å². The highest BCUT2D eigenvalue weighted by Gasteiger charge is 2.40. The zero-order chi connectivity index (χ0) is 14.9. The van der Waals surface area contributed by atoms with Crippen molar-refractivity contribution in [3.63, 3.8) is 0 Å². The number of hydrogen-bond acceptors (Lipinski definition) is 4. The summed E-state index contributed by atoms with van der Waals surface area (Å²) in [5.74, 6) is -0.962. The van der Waals surface area contributed by atoms with Gasteiger partial charge in [0.2, 0.25) is 9.58 Å². The van der Waals surface area contributed by atoms with Crippen LogP contribution in [0.3, 0.4) is 0 Å². The minimum absolute atomic E-state index is 0.104. The van der Waals surface area contributed by atoms with Gasteiger partial charge in [-0.1, -0.05) is 36.4 Å². The van der Waals surface area contributed by atoms with E-state index in [1.54, 1.807) is 34.7 Å². The predicted molar refractivity (Wildman–Crippen MR) is 88.3 cm³/mol. The van der Waals surface area contributed by atoms with Gasteiger partial charge in [0.25, 0.3) is 0 Å². The summed E-state index contributed by atoms with van der Waals surface area (Å²) < 4.78 is 11.7. The molecule has 1 heterocycles. The summed E-state index contributed by atoms with van der Waals surface area (Å²) in [7, 11) is 0. The van der Waals surface area contributed by atoms with Gasteiger partial charge in [0.05, 0.1) is 18.8 Å². The standard InChI is InChI=1S/C16H14INO3/c17-15(19)13-10-12(6-7-14(13)18)16(20-8-9-21-16)11-4-2-1-3-5-11/h1-7,10H,8-9,18H2. The van der Waals surface area contributed by atoms with Gasteiger partial charge >= 0.3 is 0 Å². The summed E-state index contributed by atoms with van der Waals surface area (Å²) in [5.41, 5.74) is 8.48. The number of benzene rings is 2. The van der Waals surface area contributed by atoms with Gasteiger partial charge in [0.15, 0.2) is 0 Å². The molecule has 0 amide bonds. The number of hydrogen-bond donors (Lipinski definition) is 1. The lowest BCUT2D eigenvalue weighted by Gasteiger charge is -2.28. The first kappa shape index (κ1) is 14.5. The molecule has 0 saturated carbocycles. The van der Waals surface area contributed by atoms with Crippen LogP contribution >= 0.6 is 22.6 Å². The molecule has 1 aliphatic rings. The van der Waals surface area contributed by atoms with Crippen LogP contribution in [0, 0.1) is 0 Å². The second-order valence-corrected chi connectivity index (χ2v) is 5.74. The molecule has 108 valence electrons. The molecule has 0 aromatic heterocycles. The van der Waals surface area contributed by atoms with Crippen LogP contribution in [0.4, 0.5) is 5.69 Å². The lowest BCUT2D eigenvalue weighted by Crippen LogP contribution is -2.29. The zero-order valence-corrected chi connectivity index (χ0v) is 13.4. The number of nitrogen functional groups attached to an aromatic ring is 1. The van der Waals surface area contributed by atoms with E-state index in [1.165, 1.54) is 0 Å². The van der Waals surface area contributed by atoms with E-state index in [9.17, 15) is 4.79 Å². The van der Waals surface area contributed by atoms with Gasteiger partial charge in [-0.15, -0.1) is 0 Å². The maximum atomic E-state index is 11.7. The van der Waals surface area contributed by atoms with Crippen molar-refractivity contribution in [3.8, 4) is 0 Å². The maximum absolute atomic E-state index is 11.7. The molecular formula is C16H14INO3. The summed E-state index contributed by atoms with van der Waals surface area (Å²) in [6.07, 6.45) is 0. The minimum atomic E-state index is -0.962. The van der Waals surface area contributed by atoms with Gasteiger partial charge < -0.3 is 15.2 Å². The predicted octanol–water partition coefficient (Wildman–Crippen LogP) is 3.09. The summed E-state index contributed by atoms with van der Waals surface area (Å²) in [5, 5.41) is 0. The molecule has 0 atom stereocenters. The molecule has 0 unspecified atom stereocenters. The van der Waals surface area contributed by atoms with Gasteiger partial charge in [-0.3, -0.25) is 4.79 Å². The third-order valence-corrected chi connectivity index (χ3v) is 4.07. The van der Waals surface area contributed by atoms with Crippen molar-refractivity contribution in [2.45, 2.75) is 5.79 Å². The number of rotatable bonds is 3. The van der Waals surface area contributed by atoms with E-state index in [1.807, 2.05) is 36.4 Å². The third-order valence-electron chi connectivity index (χ3n) is 3.49. The van der Waals surface area contributed by atoms with Crippen molar-refractivity contribution in [1.82, 2.24) is 0 Å². The SMILES string of the molecule is Nc1ccc(C2(c3ccccc3)OCCO2)cc1C(=O)I. The van der Waals surface area contributed by atoms with Gasteiger partial charge in [0.1, 0.15) is 0 Å². The van der Waals surface area contributed by atoms with Crippen molar-refractivity contribution >= 4 is 32.1 Å². The van der Waals surface area contributed by atoms with E-state index in [0.717, 1.165) is 11.1 Å². The quantitative estimate of drug-likeness (QED) is 0.493. The van der Waals surface area contributed by atoms with Gasteiger partial charge in [0, 0.05) is 39.4 Å². The molecule has 1 saturated heterocycles. The molecule has 0 bridgehead atoms. The lowest BCUT2D eigenvalue weighted by molar-refractivity contribution is -0.129. The number of carbonyl (C=O) groups excluding carboxylic acids is 1. The van der Waals surface area contributed by atoms with Gasteiger partial charge in [-0.05, 0) is 12.1 Å². The number of carbonyl (C=O) groups is 1. The molecule has 1 aliphatic heterocycles. The maximum Gasteiger partial charge on any atom is 0.224 e. The third kappa shape index (κ3) is 2.56. The molecule has 2 aromatic rings. The van der Waals surface area contributed by atoms with Crippen LogP contribution in [0.1, 0.15) is 21.5 Å².